The number of nitrogens with one attached hydrogen (secondary N) is 2. The van der Waals surface area contributed by atoms with Crippen molar-refractivity contribution in [2.75, 3.05) is 20.3 Å². The lowest BCUT2D eigenvalue weighted by Gasteiger charge is -2.23. The van der Waals surface area contributed by atoms with Crippen LogP contribution >= 0.6 is 0 Å². The molecule has 0 radical (unpaired) electrons. The van der Waals surface area contributed by atoms with Gasteiger partial charge in [0.05, 0.1) is 13.2 Å². The number of rotatable bonds is 6. The van der Waals surface area contributed by atoms with Crippen molar-refractivity contribution in [2.45, 2.75) is 26.8 Å². The standard InChI is InChI=1S/C15H23FN2O3/c1-10(11-5-6-12(16)13(7-11)21-4)18-14(20)17-8-15(2,3)9-19/h5-7,10,19H,8-9H2,1-4H3,(H2,17,18,20). The van der Waals surface area contributed by atoms with Crippen molar-refractivity contribution in [2.24, 2.45) is 5.41 Å². The number of methoxy groups -OCH3 is 1. The molecule has 0 spiro atoms. The minimum absolute atomic E-state index is 0.0159. The number of hydrogen-bond donors (Lipinski definition) is 3. The molecular weight excluding hydrogens is 275 g/mol. The van der Waals surface area contributed by atoms with Crippen LogP contribution in [0.25, 0.3) is 0 Å². The number of carbonyl (C=O) groups is 1. The first-order valence-corrected chi connectivity index (χ1v) is 6.78. The van der Waals surface area contributed by atoms with Gasteiger partial charge >= 0.3 is 6.03 Å². The molecule has 0 aliphatic rings. The van der Waals surface area contributed by atoms with Gasteiger partial charge in [0, 0.05) is 18.6 Å². The van der Waals surface area contributed by atoms with Crippen LogP contribution in [0.5, 0.6) is 5.75 Å². The summed E-state index contributed by atoms with van der Waals surface area (Å²) in [6, 6.07) is 3.82. The molecule has 5 nitrogen and oxygen atoms in total. The van der Waals surface area contributed by atoms with Crippen molar-refractivity contribution in [3.05, 3.63) is 29.6 Å². The van der Waals surface area contributed by atoms with Crippen LogP contribution in [0.4, 0.5) is 9.18 Å². The highest BCUT2D eigenvalue weighted by Crippen LogP contribution is 2.22. The first-order valence-electron chi connectivity index (χ1n) is 6.78. The highest BCUT2D eigenvalue weighted by molar-refractivity contribution is 5.74. The molecule has 0 saturated heterocycles. The number of urea groups is 1. The fourth-order valence-corrected chi connectivity index (χ4v) is 1.65. The van der Waals surface area contributed by atoms with Crippen LogP contribution in [-0.4, -0.2) is 31.4 Å². The third kappa shape index (κ3) is 5.23. The van der Waals surface area contributed by atoms with Crippen LogP contribution in [0.1, 0.15) is 32.4 Å². The summed E-state index contributed by atoms with van der Waals surface area (Å²) in [5, 5.41) is 14.6. The maximum absolute atomic E-state index is 13.3. The van der Waals surface area contributed by atoms with Crippen LogP contribution in [0.2, 0.25) is 0 Å². The number of amides is 2. The Morgan fingerprint density at radius 2 is 2.14 bits per heavy atom. The van der Waals surface area contributed by atoms with E-state index in [1.807, 2.05) is 13.8 Å². The number of benzene rings is 1. The van der Waals surface area contributed by atoms with Gasteiger partial charge in [0.25, 0.3) is 0 Å². The Bertz CT molecular complexity index is 492. The Morgan fingerprint density at radius 3 is 2.71 bits per heavy atom. The molecule has 6 heteroatoms. The van der Waals surface area contributed by atoms with E-state index in [-0.39, 0.29) is 29.8 Å². The minimum Gasteiger partial charge on any atom is -0.494 e. The summed E-state index contributed by atoms with van der Waals surface area (Å²) in [5.41, 5.74) is 0.365. The molecule has 118 valence electrons. The van der Waals surface area contributed by atoms with E-state index < -0.39 is 5.82 Å². The quantitative estimate of drug-likeness (QED) is 0.754. The molecule has 0 aliphatic carbocycles. The van der Waals surface area contributed by atoms with Gasteiger partial charge in [0.1, 0.15) is 0 Å². The third-order valence-corrected chi connectivity index (χ3v) is 3.18. The Morgan fingerprint density at radius 1 is 1.48 bits per heavy atom. The zero-order valence-electron chi connectivity index (χ0n) is 12.9. The monoisotopic (exact) mass is 298 g/mol. The number of hydrogen-bond acceptors (Lipinski definition) is 3. The van der Waals surface area contributed by atoms with Gasteiger partial charge < -0.3 is 20.5 Å². The number of ether oxygens (including phenoxy) is 1. The van der Waals surface area contributed by atoms with Crippen LogP contribution in [0.3, 0.4) is 0 Å². The highest BCUT2D eigenvalue weighted by Gasteiger charge is 2.18. The first-order chi connectivity index (χ1) is 9.79. The number of aliphatic hydroxyl groups excluding tert-OH is 1. The van der Waals surface area contributed by atoms with Crippen LogP contribution in [0.15, 0.2) is 18.2 Å². The summed E-state index contributed by atoms with van der Waals surface area (Å²) in [6.07, 6.45) is 0. The molecule has 1 atom stereocenters. The largest absolute Gasteiger partial charge is 0.494 e. The summed E-state index contributed by atoms with van der Waals surface area (Å²) < 4.78 is 18.3. The van der Waals surface area contributed by atoms with E-state index in [9.17, 15) is 9.18 Å². The SMILES string of the molecule is COc1cc(C(C)NC(=O)NCC(C)(C)CO)ccc1F. The predicted molar refractivity (Wildman–Crippen MR) is 78.8 cm³/mol. The zero-order chi connectivity index (χ0) is 16.0. The van der Waals surface area contributed by atoms with Gasteiger partial charge in [-0.2, -0.15) is 0 Å². The Kier molecular flexibility index (Phi) is 5.96. The molecule has 2 amide bonds. The fourth-order valence-electron chi connectivity index (χ4n) is 1.65. The van der Waals surface area contributed by atoms with E-state index in [1.54, 1.807) is 19.1 Å². The Labute approximate surface area is 124 Å². The molecule has 0 fully saturated rings. The van der Waals surface area contributed by atoms with Crippen molar-refractivity contribution in [1.82, 2.24) is 10.6 Å². The van der Waals surface area contributed by atoms with E-state index in [4.69, 9.17) is 9.84 Å². The van der Waals surface area contributed by atoms with Crippen LogP contribution in [0, 0.1) is 11.2 Å². The van der Waals surface area contributed by atoms with Gasteiger partial charge in [-0.3, -0.25) is 0 Å². The maximum Gasteiger partial charge on any atom is 0.315 e. The van der Waals surface area contributed by atoms with Crippen LogP contribution in [-0.2, 0) is 0 Å². The van der Waals surface area contributed by atoms with Crippen molar-refractivity contribution in [3.63, 3.8) is 0 Å². The van der Waals surface area contributed by atoms with Gasteiger partial charge in [0.15, 0.2) is 11.6 Å². The van der Waals surface area contributed by atoms with E-state index in [1.165, 1.54) is 13.2 Å². The summed E-state index contributed by atoms with van der Waals surface area (Å²) >= 11 is 0. The van der Waals surface area contributed by atoms with Gasteiger partial charge in [-0.1, -0.05) is 19.9 Å². The van der Waals surface area contributed by atoms with Crippen molar-refractivity contribution in [1.29, 1.82) is 0 Å². The average molecular weight is 298 g/mol. The van der Waals surface area contributed by atoms with Crippen molar-refractivity contribution >= 4 is 6.03 Å². The van der Waals surface area contributed by atoms with Crippen molar-refractivity contribution < 1.29 is 19.0 Å². The Balaban J connectivity index is 2.60. The lowest BCUT2D eigenvalue weighted by atomic mass is 9.95. The van der Waals surface area contributed by atoms with Gasteiger partial charge in [-0.05, 0) is 24.6 Å². The molecule has 1 unspecified atom stereocenters. The topological polar surface area (TPSA) is 70.6 Å². The maximum atomic E-state index is 13.3. The van der Waals surface area contributed by atoms with Gasteiger partial charge in [0.2, 0.25) is 0 Å². The molecule has 0 aliphatic heterocycles. The van der Waals surface area contributed by atoms with E-state index in [0.717, 1.165) is 5.56 Å². The second kappa shape index (κ2) is 7.26. The smallest absolute Gasteiger partial charge is 0.315 e. The molecule has 0 heterocycles. The molecule has 1 aromatic rings. The number of aliphatic hydroxyl groups is 1. The summed E-state index contributed by atoms with van der Waals surface area (Å²) in [5.74, 6) is -0.300. The van der Waals surface area contributed by atoms with E-state index in [2.05, 4.69) is 10.6 Å². The van der Waals surface area contributed by atoms with Gasteiger partial charge in [-0.15, -0.1) is 0 Å². The second-order valence-electron chi connectivity index (χ2n) is 5.77. The molecule has 0 aromatic heterocycles. The third-order valence-electron chi connectivity index (χ3n) is 3.18. The molecule has 0 saturated carbocycles. The number of halogens is 1. The average Bonchev–Trinajstić information content (AvgIpc) is 2.45. The fraction of sp³-hybridized carbons (Fsp3) is 0.533. The summed E-state index contributed by atoms with van der Waals surface area (Å²) in [7, 11) is 1.39. The number of carbonyl (C=O) groups excluding carboxylic acids is 1. The first kappa shape index (κ1) is 17.2. The molecule has 21 heavy (non-hydrogen) atoms. The normalized spacial score (nSPS) is 12.7. The van der Waals surface area contributed by atoms with E-state index >= 15 is 0 Å². The highest BCUT2D eigenvalue weighted by atomic mass is 19.1. The van der Waals surface area contributed by atoms with E-state index in [0.29, 0.717) is 6.54 Å². The zero-order valence-corrected chi connectivity index (χ0v) is 12.9. The molecule has 3 N–H and O–H groups in total. The molecule has 1 aromatic carbocycles. The molecular formula is C15H23FN2O3. The summed E-state index contributed by atoms with van der Waals surface area (Å²) in [4.78, 5) is 11.8. The van der Waals surface area contributed by atoms with Crippen LogP contribution < -0.4 is 15.4 Å². The molecule has 1 rings (SSSR count). The Hall–Kier alpha value is -1.82. The predicted octanol–water partition coefficient (Wildman–Crippen LogP) is 2.21. The van der Waals surface area contributed by atoms with Gasteiger partial charge in [-0.25, -0.2) is 9.18 Å². The summed E-state index contributed by atoms with van der Waals surface area (Å²) in [6.45, 7) is 5.83. The lowest BCUT2D eigenvalue weighted by Crippen LogP contribution is -2.42. The second-order valence-corrected chi connectivity index (χ2v) is 5.77. The lowest BCUT2D eigenvalue weighted by molar-refractivity contribution is 0.157. The minimum atomic E-state index is -0.442. The molecule has 0 bridgehead atoms. The van der Waals surface area contributed by atoms with Crippen molar-refractivity contribution in [3.8, 4) is 5.75 Å².